The predicted molar refractivity (Wildman–Crippen MR) is 235 cm³/mol. The molecule has 61 heavy (non-hydrogen) atoms. The van der Waals surface area contributed by atoms with Crippen LogP contribution in [0.4, 0.5) is 10.1 Å². The van der Waals surface area contributed by atoms with E-state index in [4.69, 9.17) is 21.2 Å². The Kier molecular flexibility index (Phi) is 13.1. The molecule has 8 rings (SSSR count). The van der Waals surface area contributed by atoms with E-state index < -0.39 is 21.8 Å². The molecule has 2 aliphatic carbocycles. The van der Waals surface area contributed by atoms with Gasteiger partial charge in [-0.1, -0.05) is 125 Å². The monoisotopic (exact) mass is 829 g/mol. The number of non-ortho nitro benzene ring substituents is 1. The molecule has 2 fully saturated rings. The SMILES string of the molecule is COc1cccc(-c2cc(C3(c4ccccc4)N=C(N)N(C)C3=O)ccc2F)c1.NC1=N[C@](CCC2CCCCC2)(CC2CCCCC2)C(=O)N1Cc1ccc([N+](=O)[O-])cc1. The Morgan fingerprint density at radius 2 is 1.46 bits per heavy atom. The predicted octanol–water partition coefficient (Wildman–Crippen LogP) is 8.85. The number of carbonyl (C=O) groups excluding carboxylic acids is 2. The number of halogens is 1. The van der Waals surface area contributed by atoms with Crippen LogP contribution in [0.15, 0.2) is 107 Å². The van der Waals surface area contributed by atoms with Gasteiger partial charge in [0.15, 0.2) is 17.5 Å². The van der Waals surface area contributed by atoms with Crippen LogP contribution < -0.4 is 16.2 Å². The third-order valence-corrected chi connectivity index (χ3v) is 13.0. The van der Waals surface area contributed by atoms with Gasteiger partial charge >= 0.3 is 0 Å². The molecule has 13 heteroatoms. The van der Waals surface area contributed by atoms with Crippen molar-refractivity contribution < 1.29 is 23.6 Å². The van der Waals surface area contributed by atoms with E-state index in [1.807, 2.05) is 30.3 Å². The molecule has 0 radical (unpaired) electrons. The van der Waals surface area contributed by atoms with Crippen molar-refractivity contribution in [2.75, 3.05) is 14.2 Å². The van der Waals surface area contributed by atoms with E-state index in [-0.39, 0.29) is 23.5 Å². The standard InChI is InChI=1S/C25H36N4O3.C23H20FN3O2/c26-24-27-25(17-20-9-5-2-6-10-20,16-15-19-7-3-1-4-8-19)23(30)28(24)18-21-11-13-22(14-12-21)29(31)32;1-27-21(28)23(26-22(27)25,16-8-4-3-5-9-16)17-11-12-20(24)19(14-17)15-7-6-10-18(13-15)29-2/h11-14,19-20H,1-10,15-18H2,(H2,26,27);3-14H,1-2H3,(H2,25,26)/t25-;/m1./s1. The van der Waals surface area contributed by atoms with Gasteiger partial charge in [-0.2, -0.15) is 0 Å². The number of guanidine groups is 2. The summed E-state index contributed by atoms with van der Waals surface area (Å²) in [7, 11) is 3.14. The van der Waals surface area contributed by atoms with Gasteiger partial charge in [0.05, 0.1) is 18.6 Å². The number of nitro benzene ring substituents is 1. The van der Waals surface area contributed by atoms with Gasteiger partial charge in [-0.25, -0.2) is 14.4 Å². The molecule has 0 spiro atoms. The lowest BCUT2D eigenvalue weighted by Crippen LogP contribution is -2.45. The highest BCUT2D eigenvalue weighted by Gasteiger charge is 2.50. The maximum Gasteiger partial charge on any atom is 0.269 e. The normalized spacial score (nSPS) is 22.1. The van der Waals surface area contributed by atoms with E-state index in [2.05, 4.69) is 4.99 Å². The molecular weight excluding hydrogens is 774 g/mol. The summed E-state index contributed by atoms with van der Waals surface area (Å²) in [6.07, 6.45) is 15.2. The van der Waals surface area contributed by atoms with Crippen LogP contribution >= 0.6 is 0 Å². The van der Waals surface area contributed by atoms with Crippen molar-refractivity contribution in [2.45, 2.75) is 101 Å². The van der Waals surface area contributed by atoms with Gasteiger partial charge in [0.1, 0.15) is 17.1 Å². The Hall–Kier alpha value is -6.11. The van der Waals surface area contributed by atoms with E-state index in [1.54, 1.807) is 67.6 Å². The van der Waals surface area contributed by atoms with Crippen molar-refractivity contribution in [3.8, 4) is 16.9 Å². The van der Waals surface area contributed by atoms with Crippen molar-refractivity contribution in [1.29, 1.82) is 0 Å². The number of hydrogen-bond donors (Lipinski definition) is 2. The maximum absolute atomic E-state index is 14.8. The lowest BCUT2D eigenvalue weighted by molar-refractivity contribution is -0.384. The van der Waals surface area contributed by atoms with Crippen LogP contribution in [0.1, 0.15) is 100 Å². The number of amides is 2. The minimum absolute atomic E-state index is 0.0229. The topological polar surface area (TPSA) is 170 Å². The van der Waals surface area contributed by atoms with Crippen LogP contribution in [0.2, 0.25) is 0 Å². The molecule has 0 aromatic heterocycles. The van der Waals surface area contributed by atoms with Gasteiger partial charge in [0.25, 0.3) is 17.5 Å². The average molecular weight is 830 g/mol. The van der Waals surface area contributed by atoms with E-state index in [0.717, 1.165) is 24.8 Å². The molecule has 4 N–H and O–H groups in total. The number of carbonyl (C=O) groups is 2. The number of rotatable bonds is 12. The lowest BCUT2D eigenvalue weighted by Gasteiger charge is -2.33. The van der Waals surface area contributed by atoms with Gasteiger partial charge in [-0.15, -0.1) is 0 Å². The van der Waals surface area contributed by atoms with Crippen LogP contribution in [0.25, 0.3) is 11.1 Å². The minimum Gasteiger partial charge on any atom is -0.497 e. The van der Waals surface area contributed by atoms with E-state index >= 15 is 0 Å². The zero-order valence-corrected chi connectivity index (χ0v) is 35.1. The summed E-state index contributed by atoms with van der Waals surface area (Å²) >= 11 is 0. The molecule has 4 aromatic carbocycles. The zero-order valence-electron chi connectivity index (χ0n) is 35.1. The second kappa shape index (κ2) is 18.7. The summed E-state index contributed by atoms with van der Waals surface area (Å²) in [5.74, 6) is 1.60. The maximum atomic E-state index is 14.8. The van der Waals surface area contributed by atoms with E-state index in [1.165, 1.54) is 87.3 Å². The first-order valence-corrected chi connectivity index (χ1v) is 21.5. The van der Waals surface area contributed by atoms with Gasteiger partial charge in [-0.05, 0) is 77.6 Å². The number of nitrogens with two attached hydrogens (primary N) is 2. The average Bonchev–Trinajstić information content (AvgIpc) is 3.66. The summed E-state index contributed by atoms with van der Waals surface area (Å²) in [5.41, 5.74) is 13.3. The van der Waals surface area contributed by atoms with Crippen molar-refractivity contribution in [3.05, 3.63) is 130 Å². The molecule has 12 nitrogen and oxygen atoms in total. The second-order valence-electron chi connectivity index (χ2n) is 16.9. The Morgan fingerprint density at radius 1 is 0.787 bits per heavy atom. The lowest BCUT2D eigenvalue weighted by atomic mass is 9.75. The second-order valence-corrected chi connectivity index (χ2v) is 16.9. The fourth-order valence-corrected chi connectivity index (χ4v) is 9.55. The summed E-state index contributed by atoms with van der Waals surface area (Å²) in [6, 6.07) is 27.2. The fourth-order valence-electron chi connectivity index (χ4n) is 9.55. The molecule has 4 aromatic rings. The Labute approximate surface area is 357 Å². The van der Waals surface area contributed by atoms with Crippen molar-refractivity contribution in [2.24, 2.45) is 33.3 Å². The molecule has 0 saturated heterocycles. The van der Waals surface area contributed by atoms with E-state index in [9.17, 15) is 24.1 Å². The number of nitrogens with zero attached hydrogens (tertiary/aromatic N) is 5. The molecule has 2 amide bonds. The number of aliphatic imine (C=N–C) groups is 2. The van der Waals surface area contributed by atoms with Crippen molar-refractivity contribution in [1.82, 2.24) is 9.80 Å². The van der Waals surface area contributed by atoms with Crippen LogP contribution in [0.5, 0.6) is 5.75 Å². The molecule has 2 atom stereocenters. The number of nitro groups is 1. The quantitative estimate of drug-likeness (QED) is 0.106. The molecular formula is C48H56FN7O5. The van der Waals surface area contributed by atoms with Crippen molar-refractivity contribution >= 4 is 29.4 Å². The van der Waals surface area contributed by atoms with Gasteiger partial charge in [-0.3, -0.25) is 29.5 Å². The number of hydrogen-bond acceptors (Lipinski definition) is 9. The first kappa shape index (κ1) is 43.0. The van der Waals surface area contributed by atoms with Crippen molar-refractivity contribution in [3.63, 3.8) is 0 Å². The summed E-state index contributed by atoms with van der Waals surface area (Å²) < 4.78 is 20.0. The smallest absolute Gasteiger partial charge is 0.269 e. The van der Waals surface area contributed by atoms with Crippen LogP contribution in [-0.4, -0.2) is 58.2 Å². The molecule has 1 unspecified atom stereocenters. The summed E-state index contributed by atoms with van der Waals surface area (Å²) in [4.78, 5) is 49.9. The Balaban J connectivity index is 0.000000185. The Bertz CT molecular complexity index is 2270. The minimum atomic E-state index is -1.36. The fraction of sp³-hybridized carbons (Fsp3) is 0.417. The summed E-state index contributed by atoms with van der Waals surface area (Å²) in [6.45, 7) is 0.308. The first-order chi connectivity index (χ1) is 29.4. The highest BCUT2D eigenvalue weighted by Crippen LogP contribution is 2.43. The highest BCUT2D eigenvalue weighted by atomic mass is 19.1. The number of benzene rings is 4. The van der Waals surface area contributed by atoms with Gasteiger partial charge < -0.3 is 16.2 Å². The van der Waals surface area contributed by atoms with Crippen LogP contribution in [0.3, 0.4) is 0 Å². The van der Waals surface area contributed by atoms with Gasteiger partial charge in [0.2, 0.25) is 0 Å². The zero-order chi connectivity index (χ0) is 43.1. The number of methoxy groups -OCH3 is 1. The first-order valence-electron chi connectivity index (χ1n) is 21.5. The number of ether oxygens (including phenoxy) is 1. The largest absolute Gasteiger partial charge is 0.497 e. The molecule has 2 heterocycles. The third-order valence-electron chi connectivity index (χ3n) is 13.0. The molecule has 2 aliphatic heterocycles. The molecule has 4 aliphatic rings. The molecule has 0 bridgehead atoms. The highest BCUT2D eigenvalue weighted by molar-refractivity contribution is 6.09. The summed E-state index contributed by atoms with van der Waals surface area (Å²) in [5, 5.41) is 10.9. The van der Waals surface area contributed by atoms with Crippen LogP contribution in [-0.2, 0) is 21.7 Å². The van der Waals surface area contributed by atoms with Gasteiger partial charge in [0, 0.05) is 24.7 Å². The molecule has 320 valence electrons. The van der Waals surface area contributed by atoms with E-state index in [0.29, 0.717) is 52.3 Å². The van der Waals surface area contributed by atoms with Crippen LogP contribution in [0, 0.1) is 27.8 Å². The molecule has 2 saturated carbocycles. The third kappa shape index (κ3) is 9.16. The number of likely N-dealkylation sites (N-methyl/N-ethyl adjacent to an activating group) is 1. The Morgan fingerprint density at radius 3 is 2.08 bits per heavy atom.